The summed E-state index contributed by atoms with van der Waals surface area (Å²) < 4.78 is 0. The Morgan fingerprint density at radius 2 is 1.13 bits per heavy atom. The van der Waals surface area contributed by atoms with Crippen molar-refractivity contribution < 1.29 is 41.7 Å². The van der Waals surface area contributed by atoms with Gasteiger partial charge in [-0.2, -0.15) is 0 Å². The molecule has 0 bridgehead atoms. The molecular formula is C37H49CeN7S-3. The number of rotatable bonds is 0. The molecule has 2 saturated carbocycles. The van der Waals surface area contributed by atoms with Gasteiger partial charge in [-0.15, -0.1) is 68.7 Å². The number of fused-ring (bicyclic) bond motifs is 9. The molecule has 245 valence electrons. The second-order valence-electron chi connectivity index (χ2n) is 13.8. The van der Waals surface area contributed by atoms with Crippen LogP contribution < -0.4 is 0 Å². The van der Waals surface area contributed by atoms with Gasteiger partial charge in [0.1, 0.15) is 0 Å². The zero-order chi connectivity index (χ0) is 30.8. The fourth-order valence-electron chi connectivity index (χ4n) is 9.09. The largest absolute Gasteiger partial charge is 3.00 e. The predicted octanol–water partition coefficient (Wildman–Crippen LogP) is 9.45. The third-order valence-corrected chi connectivity index (χ3v) is 11.2. The number of piperidine rings is 4. The van der Waals surface area contributed by atoms with Crippen molar-refractivity contribution in [2.45, 2.75) is 101 Å². The summed E-state index contributed by atoms with van der Waals surface area (Å²) in [5, 5.41) is 33.5. The number of pyridine rings is 1. The number of aromatic nitrogens is 1. The number of hydrogen-bond acceptors (Lipinski definition) is 3. The van der Waals surface area contributed by atoms with Gasteiger partial charge in [0.2, 0.25) is 0 Å². The fourth-order valence-corrected chi connectivity index (χ4v) is 9.09. The molecule has 0 N–H and O–H groups in total. The maximum atomic E-state index is 7.13. The first-order valence-corrected chi connectivity index (χ1v) is 18.1. The van der Waals surface area contributed by atoms with Crippen LogP contribution in [0.4, 0.5) is 5.69 Å². The van der Waals surface area contributed by atoms with Crippen molar-refractivity contribution in [2.24, 2.45) is 23.7 Å². The van der Waals surface area contributed by atoms with Crippen molar-refractivity contribution >= 4 is 35.3 Å². The molecule has 9 heteroatoms. The monoisotopic (exact) mass is 763 g/mol. The minimum absolute atomic E-state index is 0. The summed E-state index contributed by atoms with van der Waals surface area (Å²) in [6.45, 7) is 5.21. The molecule has 7 aliphatic rings. The van der Waals surface area contributed by atoms with Crippen molar-refractivity contribution in [3.63, 3.8) is 0 Å². The minimum atomic E-state index is 0. The van der Waals surface area contributed by atoms with E-state index in [1.165, 1.54) is 88.0 Å². The molecule has 9 rings (SSSR count). The van der Waals surface area contributed by atoms with Gasteiger partial charge in [0.25, 0.3) is 0 Å². The van der Waals surface area contributed by atoms with Gasteiger partial charge in [-0.25, -0.2) is 5.26 Å². The molecular weight excluding hydrogens is 715 g/mol. The average Bonchev–Trinajstić information content (AvgIpc) is 3.12. The van der Waals surface area contributed by atoms with Gasteiger partial charge in [0, 0.05) is 6.20 Å². The van der Waals surface area contributed by atoms with Gasteiger partial charge in [-0.3, -0.25) is 4.98 Å². The SMILES string of the molecule is C1=Cc2ccc3cccnc3c2[N-]C1.C1C[N-]C2C(C1)CCC1CCC[N-]C12.C1C[N-]C2C(C1)CCC1CCC[N-]C12.N#C[S-].[Ce+3]. The molecule has 2 aliphatic carbocycles. The smallest absolute Gasteiger partial charge is 0.696 e. The summed E-state index contributed by atoms with van der Waals surface area (Å²) in [6.07, 6.45) is 22.8. The Labute approximate surface area is 316 Å². The summed E-state index contributed by atoms with van der Waals surface area (Å²) in [5.74, 6) is 3.58. The van der Waals surface area contributed by atoms with Crippen molar-refractivity contribution in [1.82, 2.24) is 4.98 Å². The third kappa shape index (κ3) is 9.00. The van der Waals surface area contributed by atoms with E-state index in [9.17, 15) is 0 Å². The Morgan fingerprint density at radius 1 is 0.674 bits per heavy atom. The zero-order valence-corrected chi connectivity index (χ0v) is 31.2. The van der Waals surface area contributed by atoms with E-state index in [1.54, 1.807) is 0 Å². The number of nitrogens with zero attached hydrogens (tertiary/aromatic N) is 7. The second-order valence-corrected chi connectivity index (χ2v) is 13.9. The van der Waals surface area contributed by atoms with Crippen LogP contribution in [0.5, 0.6) is 0 Å². The molecule has 7 nitrogen and oxygen atoms in total. The first kappa shape index (κ1) is 36.4. The van der Waals surface area contributed by atoms with Gasteiger partial charge < -0.3 is 39.2 Å². The van der Waals surface area contributed by atoms with E-state index in [4.69, 9.17) is 26.5 Å². The Kier molecular flexibility index (Phi) is 14.8. The molecule has 6 heterocycles. The molecule has 46 heavy (non-hydrogen) atoms. The van der Waals surface area contributed by atoms with Crippen LogP contribution in [-0.2, 0) is 12.6 Å². The van der Waals surface area contributed by atoms with E-state index in [0.29, 0.717) is 24.2 Å². The predicted molar refractivity (Wildman–Crippen MR) is 189 cm³/mol. The third-order valence-electron chi connectivity index (χ3n) is 11.2. The Bertz CT molecular complexity index is 1210. The molecule has 8 unspecified atom stereocenters. The van der Waals surface area contributed by atoms with E-state index in [1.807, 2.05) is 12.3 Å². The van der Waals surface area contributed by atoms with Crippen LogP contribution in [0.3, 0.4) is 0 Å². The van der Waals surface area contributed by atoms with E-state index < -0.39 is 0 Å². The molecule has 1 radical (unpaired) electrons. The van der Waals surface area contributed by atoms with E-state index in [-0.39, 0.29) is 41.7 Å². The average molecular weight is 764 g/mol. The van der Waals surface area contributed by atoms with Crippen LogP contribution in [-0.4, -0.2) is 61.9 Å². The number of nitriles is 1. The molecule has 2 aromatic rings. The maximum absolute atomic E-state index is 7.13. The van der Waals surface area contributed by atoms with Gasteiger partial charge in [0.15, 0.2) is 0 Å². The van der Waals surface area contributed by atoms with Crippen LogP contribution >= 0.6 is 0 Å². The van der Waals surface area contributed by atoms with Crippen LogP contribution in [0, 0.1) is 76.1 Å². The van der Waals surface area contributed by atoms with Crippen LogP contribution in [0.1, 0.15) is 82.6 Å². The van der Waals surface area contributed by atoms with E-state index >= 15 is 0 Å². The van der Waals surface area contributed by atoms with Crippen molar-refractivity contribution in [3.05, 3.63) is 68.7 Å². The quantitative estimate of drug-likeness (QED) is 0.197. The zero-order valence-electron chi connectivity index (χ0n) is 27.2. The van der Waals surface area contributed by atoms with Gasteiger partial charge >= 0.3 is 41.7 Å². The molecule has 1 aromatic carbocycles. The van der Waals surface area contributed by atoms with Gasteiger partial charge in [-0.05, 0) is 17.0 Å². The normalized spacial score (nSPS) is 33.5. The summed E-state index contributed by atoms with van der Waals surface area (Å²) in [7, 11) is 0. The second kappa shape index (κ2) is 18.7. The molecule has 6 fully saturated rings. The standard InChI is InChI=1S/2C12H20N2.C12H9N2.CHNS.Ce/c3*1-3-9-5-6-10-4-2-8-14-12(10)11(9)13-7-1;2-1-3;/h2*9-12H,1-8H2;1-7H,8H2;3H;/q2*-2;-1;;+3/p-1. The molecule has 8 atom stereocenters. The summed E-state index contributed by atoms with van der Waals surface area (Å²) >= 11 is 3.70. The molecule has 4 saturated heterocycles. The summed E-state index contributed by atoms with van der Waals surface area (Å²) in [6, 6.07) is 10.7. The Hall–Kier alpha value is -0.903. The summed E-state index contributed by atoms with van der Waals surface area (Å²) in [4.78, 5) is 4.37. The first-order valence-electron chi connectivity index (χ1n) is 17.7. The van der Waals surface area contributed by atoms with Crippen molar-refractivity contribution in [1.29, 1.82) is 5.26 Å². The topological polar surface area (TPSA) is 107 Å². The Balaban J connectivity index is 0.000000129. The fraction of sp³-hybridized carbons (Fsp3) is 0.676. The van der Waals surface area contributed by atoms with E-state index in [2.05, 4.69) is 53.3 Å². The number of thiocyanates is 1. The number of hydrogen-bond donors (Lipinski definition) is 0. The molecule has 0 amide bonds. The number of benzene rings is 1. The minimum Gasteiger partial charge on any atom is -0.696 e. The summed E-state index contributed by atoms with van der Waals surface area (Å²) in [5.41, 5.74) is 3.21. The maximum Gasteiger partial charge on any atom is 3.00 e. The molecule has 1 aromatic heterocycles. The van der Waals surface area contributed by atoms with Crippen LogP contribution in [0.2, 0.25) is 0 Å². The van der Waals surface area contributed by atoms with Gasteiger partial charge in [0.05, 0.1) is 5.52 Å². The van der Waals surface area contributed by atoms with Gasteiger partial charge in [-0.1, -0.05) is 130 Å². The first-order chi connectivity index (χ1) is 22.3. The van der Waals surface area contributed by atoms with Crippen molar-refractivity contribution in [3.8, 4) is 5.40 Å². The molecule has 5 aliphatic heterocycles. The molecule has 0 spiro atoms. The van der Waals surface area contributed by atoms with Crippen molar-refractivity contribution in [2.75, 3.05) is 32.7 Å². The van der Waals surface area contributed by atoms with Crippen LogP contribution in [0.15, 0.2) is 36.5 Å². The Morgan fingerprint density at radius 3 is 1.59 bits per heavy atom. The van der Waals surface area contributed by atoms with Crippen LogP contribution in [0.25, 0.3) is 43.6 Å². The van der Waals surface area contributed by atoms with E-state index in [0.717, 1.165) is 73.0 Å².